The molecule has 1 aliphatic heterocycles. The summed E-state index contributed by atoms with van der Waals surface area (Å²) in [4.78, 5) is 2.46. The van der Waals surface area contributed by atoms with Gasteiger partial charge in [0, 0.05) is 13.2 Å². The highest BCUT2D eigenvalue weighted by Gasteiger charge is 2.33. The van der Waals surface area contributed by atoms with Crippen molar-refractivity contribution in [1.82, 2.24) is 4.90 Å². The Morgan fingerprint density at radius 2 is 1.50 bits per heavy atom. The zero-order valence-electron chi connectivity index (χ0n) is 16.9. The van der Waals surface area contributed by atoms with Gasteiger partial charge in [-0.2, -0.15) is 0 Å². The first-order chi connectivity index (χ1) is 13.7. The standard InChI is InChI=1S/C24H31NO3/c1-27-22-9-5-20(6-10-22)4-3-15-25-16-13-24(19-26,14-17-25)18-21-7-11-23(28-2)12-8-21/h3-12,26H,13-19H2,1-2H3. The fourth-order valence-corrected chi connectivity index (χ4v) is 3.83. The highest BCUT2D eigenvalue weighted by molar-refractivity contribution is 5.50. The Morgan fingerprint density at radius 3 is 2.04 bits per heavy atom. The van der Waals surface area contributed by atoms with Gasteiger partial charge in [-0.25, -0.2) is 0 Å². The predicted octanol–water partition coefficient (Wildman–Crippen LogP) is 4.03. The van der Waals surface area contributed by atoms with E-state index in [9.17, 15) is 5.11 Å². The number of likely N-dealkylation sites (tertiary alicyclic amines) is 1. The Labute approximate surface area is 168 Å². The lowest BCUT2D eigenvalue weighted by Gasteiger charge is -2.40. The summed E-state index contributed by atoms with van der Waals surface area (Å²) >= 11 is 0. The third-order valence-electron chi connectivity index (χ3n) is 5.78. The third-order valence-corrected chi connectivity index (χ3v) is 5.78. The van der Waals surface area contributed by atoms with Crippen molar-refractivity contribution in [1.29, 1.82) is 0 Å². The van der Waals surface area contributed by atoms with Crippen LogP contribution in [0.1, 0.15) is 24.0 Å². The second-order valence-corrected chi connectivity index (χ2v) is 7.66. The zero-order chi connectivity index (χ0) is 19.8. The molecule has 2 aromatic rings. The summed E-state index contributed by atoms with van der Waals surface area (Å²) in [5.74, 6) is 1.76. The topological polar surface area (TPSA) is 41.9 Å². The summed E-state index contributed by atoms with van der Waals surface area (Å²) in [5, 5.41) is 10.1. The minimum atomic E-state index is -0.00914. The van der Waals surface area contributed by atoms with Crippen LogP contribution >= 0.6 is 0 Å². The van der Waals surface area contributed by atoms with Gasteiger partial charge in [-0.3, -0.25) is 4.90 Å². The van der Waals surface area contributed by atoms with Crippen LogP contribution in [0.25, 0.3) is 6.08 Å². The number of rotatable bonds is 8. The number of hydrogen-bond donors (Lipinski definition) is 1. The first-order valence-electron chi connectivity index (χ1n) is 9.93. The van der Waals surface area contributed by atoms with Gasteiger partial charge in [0.05, 0.1) is 14.2 Å². The molecule has 0 unspecified atom stereocenters. The maximum absolute atomic E-state index is 10.1. The molecule has 0 bridgehead atoms. The predicted molar refractivity (Wildman–Crippen MR) is 114 cm³/mol. The van der Waals surface area contributed by atoms with E-state index in [1.165, 1.54) is 11.1 Å². The van der Waals surface area contributed by atoms with Crippen molar-refractivity contribution in [2.45, 2.75) is 19.3 Å². The van der Waals surface area contributed by atoms with Crippen molar-refractivity contribution >= 4 is 6.08 Å². The highest BCUT2D eigenvalue weighted by atomic mass is 16.5. The van der Waals surface area contributed by atoms with Crippen molar-refractivity contribution in [3.8, 4) is 11.5 Å². The van der Waals surface area contributed by atoms with Crippen LogP contribution in [0.15, 0.2) is 54.6 Å². The maximum atomic E-state index is 10.1. The van der Waals surface area contributed by atoms with E-state index < -0.39 is 0 Å². The van der Waals surface area contributed by atoms with E-state index in [4.69, 9.17) is 9.47 Å². The van der Waals surface area contributed by atoms with Gasteiger partial charge in [0.15, 0.2) is 0 Å². The summed E-state index contributed by atoms with van der Waals surface area (Å²) in [7, 11) is 3.37. The molecule has 0 aliphatic carbocycles. The number of piperidine rings is 1. The number of aliphatic hydroxyl groups excluding tert-OH is 1. The molecule has 4 heteroatoms. The summed E-state index contributed by atoms with van der Waals surface area (Å²) < 4.78 is 10.4. The third kappa shape index (κ3) is 5.37. The molecule has 0 aromatic heterocycles. The molecular weight excluding hydrogens is 350 g/mol. The maximum Gasteiger partial charge on any atom is 0.118 e. The molecule has 150 valence electrons. The van der Waals surface area contributed by atoms with Gasteiger partial charge in [0.1, 0.15) is 11.5 Å². The Bertz CT molecular complexity index is 744. The molecule has 0 atom stereocenters. The van der Waals surface area contributed by atoms with Crippen molar-refractivity contribution in [2.24, 2.45) is 5.41 Å². The van der Waals surface area contributed by atoms with Gasteiger partial charge >= 0.3 is 0 Å². The summed E-state index contributed by atoms with van der Waals surface area (Å²) in [5.41, 5.74) is 2.44. The van der Waals surface area contributed by atoms with E-state index in [1.807, 2.05) is 24.3 Å². The van der Waals surface area contributed by atoms with Gasteiger partial charge in [-0.1, -0.05) is 36.4 Å². The molecule has 0 spiro atoms. The molecule has 1 fully saturated rings. The number of nitrogens with zero attached hydrogens (tertiary/aromatic N) is 1. The molecule has 1 N–H and O–H groups in total. The normalized spacial score (nSPS) is 17.0. The lowest BCUT2D eigenvalue weighted by molar-refractivity contribution is 0.0483. The minimum absolute atomic E-state index is 0.00914. The van der Waals surface area contributed by atoms with E-state index in [0.717, 1.165) is 50.4 Å². The first kappa shape index (κ1) is 20.4. The van der Waals surface area contributed by atoms with Gasteiger partial charge in [0.25, 0.3) is 0 Å². The second kappa shape index (κ2) is 9.76. The van der Waals surface area contributed by atoms with Crippen molar-refractivity contribution < 1.29 is 14.6 Å². The first-order valence-corrected chi connectivity index (χ1v) is 9.93. The summed E-state index contributed by atoms with van der Waals surface area (Å²) in [6.07, 6.45) is 7.34. The Kier molecular flexibility index (Phi) is 7.12. The second-order valence-electron chi connectivity index (χ2n) is 7.66. The molecule has 0 saturated carbocycles. The Morgan fingerprint density at radius 1 is 0.929 bits per heavy atom. The van der Waals surface area contributed by atoms with Crippen LogP contribution in [-0.2, 0) is 6.42 Å². The van der Waals surface area contributed by atoms with Gasteiger partial charge in [0.2, 0.25) is 0 Å². The Balaban J connectivity index is 1.50. The van der Waals surface area contributed by atoms with E-state index in [-0.39, 0.29) is 12.0 Å². The number of aliphatic hydroxyl groups is 1. The smallest absolute Gasteiger partial charge is 0.118 e. The van der Waals surface area contributed by atoms with Crippen LogP contribution < -0.4 is 9.47 Å². The molecule has 2 aromatic carbocycles. The Hall–Kier alpha value is -2.30. The average molecular weight is 382 g/mol. The molecule has 1 heterocycles. The largest absolute Gasteiger partial charge is 0.497 e. The van der Waals surface area contributed by atoms with E-state index in [1.54, 1.807) is 14.2 Å². The fraction of sp³-hybridized carbons (Fsp3) is 0.417. The van der Waals surface area contributed by atoms with Crippen LogP contribution in [0.2, 0.25) is 0 Å². The molecule has 0 amide bonds. The monoisotopic (exact) mass is 381 g/mol. The molecular formula is C24H31NO3. The summed E-state index contributed by atoms with van der Waals surface area (Å²) in [6, 6.07) is 16.3. The van der Waals surface area contributed by atoms with Gasteiger partial charge in [-0.15, -0.1) is 0 Å². The number of hydrogen-bond acceptors (Lipinski definition) is 4. The van der Waals surface area contributed by atoms with Crippen molar-refractivity contribution in [3.05, 3.63) is 65.7 Å². The lowest BCUT2D eigenvalue weighted by atomic mass is 9.74. The fourth-order valence-electron chi connectivity index (χ4n) is 3.83. The van der Waals surface area contributed by atoms with Crippen molar-refractivity contribution in [2.75, 3.05) is 40.5 Å². The van der Waals surface area contributed by atoms with Gasteiger partial charge < -0.3 is 14.6 Å². The molecule has 4 nitrogen and oxygen atoms in total. The van der Waals surface area contributed by atoms with E-state index in [0.29, 0.717) is 0 Å². The quantitative estimate of drug-likeness (QED) is 0.750. The van der Waals surface area contributed by atoms with Crippen molar-refractivity contribution in [3.63, 3.8) is 0 Å². The SMILES string of the molecule is COc1ccc(C=CCN2CCC(CO)(Cc3ccc(OC)cc3)CC2)cc1. The minimum Gasteiger partial charge on any atom is -0.497 e. The lowest BCUT2D eigenvalue weighted by Crippen LogP contribution is -2.43. The molecule has 28 heavy (non-hydrogen) atoms. The molecule has 0 radical (unpaired) electrons. The van der Waals surface area contributed by atoms with E-state index in [2.05, 4.69) is 41.3 Å². The highest BCUT2D eigenvalue weighted by Crippen LogP contribution is 2.35. The number of methoxy groups -OCH3 is 2. The molecule has 3 rings (SSSR count). The molecule has 1 aliphatic rings. The van der Waals surface area contributed by atoms with Crippen LogP contribution in [0.5, 0.6) is 11.5 Å². The molecule has 1 saturated heterocycles. The number of ether oxygens (including phenoxy) is 2. The van der Waals surface area contributed by atoms with Crippen LogP contribution in [0.3, 0.4) is 0 Å². The average Bonchev–Trinajstić information content (AvgIpc) is 2.76. The number of benzene rings is 2. The zero-order valence-corrected chi connectivity index (χ0v) is 16.9. The van der Waals surface area contributed by atoms with Crippen LogP contribution in [0.4, 0.5) is 0 Å². The van der Waals surface area contributed by atoms with Gasteiger partial charge in [-0.05, 0) is 73.2 Å². The van der Waals surface area contributed by atoms with Crippen LogP contribution in [0, 0.1) is 5.41 Å². The summed E-state index contributed by atoms with van der Waals surface area (Å²) in [6.45, 7) is 3.22. The van der Waals surface area contributed by atoms with E-state index >= 15 is 0 Å². The van der Waals surface area contributed by atoms with Crippen LogP contribution in [-0.4, -0.2) is 50.5 Å².